The summed E-state index contributed by atoms with van der Waals surface area (Å²) >= 11 is 1.42. The summed E-state index contributed by atoms with van der Waals surface area (Å²) in [6.07, 6.45) is 3.72. The van der Waals surface area contributed by atoms with Crippen LogP contribution in [0.1, 0.15) is 30.0 Å². The molecule has 1 aliphatic heterocycles. The molecule has 1 aliphatic rings. The van der Waals surface area contributed by atoms with Crippen LogP contribution in [0.2, 0.25) is 0 Å². The standard InChI is InChI=1S/C16H16N4O2S/c1-11-4-2-5-12(10-11)13-6-3-7-18(13)14-15(20(21)22)19-8-9-23-16(19)17-14/h2,4-5,8-10,13H,3,6-7H2,1H3/t13-/m0/s1. The maximum atomic E-state index is 11.6. The lowest BCUT2D eigenvalue weighted by atomic mass is 10.0. The van der Waals surface area contributed by atoms with E-state index in [1.807, 2.05) is 11.4 Å². The van der Waals surface area contributed by atoms with Gasteiger partial charge in [0, 0.05) is 11.9 Å². The molecule has 3 heterocycles. The first-order valence-electron chi connectivity index (χ1n) is 7.58. The number of benzene rings is 1. The van der Waals surface area contributed by atoms with Crippen LogP contribution in [-0.2, 0) is 0 Å². The Kier molecular flexibility index (Phi) is 3.30. The first-order chi connectivity index (χ1) is 11.1. The van der Waals surface area contributed by atoms with Gasteiger partial charge in [0.05, 0.1) is 6.04 Å². The highest BCUT2D eigenvalue weighted by atomic mass is 32.1. The Bertz CT molecular complexity index is 885. The number of rotatable bonds is 3. The van der Waals surface area contributed by atoms with Gasteiger partial charge in [0.1, 0.15) is 6.20 Å². The lowest BCUT2D eigenvalue weighted by Crippen LogP contribution is -2.23. The van der Waals surface area contributed by atoms with Gasteiger partial charge >= 0.3 is 5.82 Å². The SMILES string of the molecule is Cc1cccc([C@@H]2CCCN2c2nc3sccn3c2[N+](=O)[O-])c1. The van der Waals surface area contributed by atoms with Gasteiger partial charge in [-0.2, -0.15) is 9.38 Å². The van der Waals surface area contributed by atoms with E-state index in [1.165, 1.54) is 22.5 Å². The fourth-order valence-corrected chi connectivity index (χ4v) is 4.07. The first kappa shape index (κ1) is 14.2. The monoisotopic (exact) mass is 328 g/mol. The van der Waals surface area contributed by atoms with Crippen molar-refractivity contribution in [3.05, 3.63) is 57.1 Å². The zero-order valence-electron chi connectivity index (χ0n) is 12.7. The molecular formula is C16H16N4O2S. The zero-order valence-corrected chi connectivity index (χ0v) is 13.5. The molecule has 0 unspecified atom stereocenters. The van der Waals surface area contributed by atoms with Crippen molar-refractivity contribution < 1.29 is 4.92 Å². The minimum atomic E-state index is -0.326. The van der Waals surface area contributed by atoms with Crippen molar-refractivity contribution >= 4 is 27.9 Å². The molecule has 23 heavy (non-hydrogen) atoms. The highest BCUT2D eigenvalue weighted by molar-refractivity contribution is 7.15. The molecule has 118 valence electrons. The average molecular weight is 328 g/mol. The molecule has 0 spiro atoms. The highest BCUT2D eigenvalue weighted by Gasteiger charge is 2.35. The van der Waals surface area contributed by atoms with E-state index in [2.05, 4.69) is 35.0 Å². The quantitative estimate of drug-likeness (QED) is 0.539. The Morgan fingerprint density at radius 1 is 1.43 bits per heavy atom. The second-order valence-electron chi connectivity index (χ2n) is 5.84. The predicted molar refractivity (Wildman–Crippen MR) is 90.2 cm³/mol. The third-order valence-electron chi connectivity index (χ3n) is 4.34. The Labute approximate surface area is 137 Å². The number of aryl methyl sites for hydroxylation is 1. The van der Waals surface area contributed by atoms with Crippen LogP contribution in [0.15, 0.2) is 35.8 Å². The van der Waals surface area contributed by atoms with E-state index in [9.17, 15) is 10.1 Å². The Balaban J connectivity index is 1.81. The number of aromatic nitrogens is 2. The fraction of sp³-hybridized carbons (Fsp3) is 0.312. The van der Waals surface area contributed by atoms with Gasteiger partial charge in [-0.3, -0.25) is 0 Å². The van der Waals surface area contributed by atoms with Gasteiger partial charge in [-0.1, -0.05) is 41.2 Å². The fourth-order valence-electron chi connectivity index (χ4n) is 3.37. The van der Waals surface area contributed by atoms with Crippen molar-refractivity contribution in [3.8, 4) is 0 Å². The molecular weight excluding hydrogens is 312 g/mol. The lowest BCUT2D eigenvalue weighted by molar-refractivity contribution is -0.389. The van der Waals surface area contributed by atoms with Crippen LogP contribution < -0.4 is 4.90 Å². The van der Waals surface area contributed by atoms with Crippen LogP contribution in [0.4, 0.5) is 11.6 Å². The summed E-state index contributed by atoms with van der Waals surface area (Å²) in [6.45, 7) is 2.86. The van der Waals surface area contributed by atoms with E-state index in [4.69, 9.17) is 0 Å². The van der Waals surface area contributed by atoms with Crippen molar-refractivity contribution in [3.63, 3.8) is 0 Å². The van der Waals surface area contributed by atoms with Gasteiger partial charge in [0.15, 0.2) is 0 Å². The van der Waals surface area contributed by atoms with Crippen LogP contribution >= 0.6 is 11.3 Å². The summed E-state index contributed by atoms with van der Waals surface area (Å²) in [6, 6.07) is 8.52. The first-order valence-corrected chi connectivity index (χ1v) is 8.46. The topological polar surface area (TPSA) is 63.7 Å². The van der Waals surface area contributed by atoms with Gasteiger partial charge < -0.3 is 15.0 Å². The molecule has 2 aromatic heterocycles. The minimum Gasteiger partial charge on any atom is -0.358 e. The number of hydrogen-bond donors (Lipinski definition) is 0. The molecule has 3 aromatic rings. The summed E-state index contributed by atoms with van der Waals surface area (Å²) in [5, 5.41) is 13.4. The molecule has 0 aliphatic carbocycles. The van der Waals surface area contributed by atoms with Crippen LogP contribution in [-0.4, -0.2) is 20.9 Å². The molecule has 0 bridgehead atoms. The van der Waals surface area contributed by atoms with E-state index in [1.54, 1.807) is 10.6 Å². The van der Waals surface area contributed by atoms with Crippen molar-refractivity contribution in [2.75, 3.05) is 11.4 Å². The average Bonchev–Trinajstić information content (AvgIpc) is 3.21. The van der Waals surface area contributed by atoms with Crippen molar-refractivity contribution in [2.45, 2.75) is 25.8 Å². The Hall–Kier alpha value is -2.41. The number of nitro groups is 1. The number of fused-ring (bicyclic) bond motifs is 1. The van der Waals surface area contributed by atoms with Gasteiger partial charge in [-0.25, -0.2) is 0 Å². The van der Waals surface area contributed by atoms with Crippen LogP contribution in [0.5, 0.6) is 0 Å². The smallest absolute Gasteiger partial charge is 0.358 e. The molecule has 7 heteroatoms. The summed E-state index contributed by atoms with van der Waals surface area (Å²) in [7, 11) is 0. The summed E-state index contributed by atoms with van der Waals surface area (Å²) in [5.41, 5.74) is 2.41. The largest absolute Gasteiger partial charge is 0.373 e. The van der Waals surface area contributed by atoms with Gasteiger partial charge in [0.25, 0.3) is 4.96 Å². The van der Waals surface area contributed by atoms with Gasteiger partial charge in [-0.15, -0.1) is 0 Å². The van der Waals surface area contributed by atoms with Crippen molar-refractivity contribution in [1.29, 1.82) is 0 Å². The minimum absolute atomic E-state index is 0.0702. The van der Waals surface area contributed by atoms with E-state index >= 15 is 0 Å². The molecule has 6 nitrogen and oxygen atoms in total. The lowest BCUT2D eigenvalue weighted by Gasteiger charge is -2.24. The predicted octanol–water partition coefficient (Wildman–Crippen LogP) is 3.95. The summed E-state index contributed by atoms with van der Waals surface area (Å²) in [4.78, 5) is 18.5. The molecule has 1 atom stereocenters. The van der Waals surface area contributed by atoms with Gasteiger partial charge in [0.2, 0.25) is 5.82 Å². The van der Waals surface area contributed by atoms with E-state index < -0.39 is 0 Å². The maximum Gasteiger partial charge on any atom is 0.373 e. The highest BCUT2D eigenvalue weighted by Crippen LogP contribution is 2.40. The van der Waals surface area contributed by atoms with E-state index in [-0.39, 0.29) is 16.8 Å². The second-order valence-corrected chi connectivity index (χ2v) is 6.71. The molecule has 1 saturated heterocycles. The molecule has 0 saturated carbocycles. The maximum absolute atomic E-state index is 11.6. The van der Waals surface area contributed by atoms with Crippen molar-refractivity contribution in [2.24, 2.45) is 0 Å². The third-order valence-corrected chi connectivity index (χ3v) is 5.10. The van der Waals surface area contributed by atoms with Gasteiger partial charge in [-0.05, 0) is 30.3 Å². The second kappa shape index (κ2) is 5.34. The number of hydrogen-bond acceptors (Lipinski definition) is 5. The normalized spacial score (nSPS) is 18.0. The van der Waals surface area contributed by atoms with Crippen LogP contribution in [0.25, 0.3) is 4.96 Å². The zero-order chi connectivity index (χ0) is 16.0. The number of nitrogens with zero attached hydrogens (tertiary/aromatic N) is 4. The molecule has 0 radical (unpaired) electrons. The number of anilines is 1. The molecule has 0 amide bonds. The third kappa shape index (κ3) is 2.28. The summed E-state index contributed by atoms with van der Waals surface area (Å²) < 4.78 is 1.58. The van der Waals surface area contributed by atoms with Crippen molar-refractivity contribution in [1.82, 2.24) is 9.38 Å². The number of thiazole rings is 1. The number of imidazole rings is 1. The summed E-state index contributed by atoms with van der Waals surface area (Å²) in [5.74, 6) is 0.562. The molecule has 0 N–H and O–H groups in total. The van der Waals surface area contributed by atoms with E-state index in [0.717, 1.165) is 19.4 Å². The Morgan fingerprint density at radius 2 is 2.30 bits per heavy atom. The molecule has 4 rings (SSSR count). The van der Waals surface area contributed by atoms with E-state index in [0.29, 0.717) is 10.8 Å². The Morgan fingerprint density at radius 3 is 3.09 bits per heavy atom. The molecule has 1 aromatic carbocycles. The van der Waals surface area contributed by atoms with Crippen LogP contribution in [0.3, 0.4) is 0 Å². The van der Waals surface area contributed by atoms with Crippen LogP contribution in [0, 0.1) is 17.0 Å². The molecule has 1 fully saturated rings.